The topological polar surface area (TPSA) is 110 Å². The molecular weight excluding hydrogens is 362 g/mol. The molecule has 1 amide bonds. The first-order valence-electron chi connectivity index (χ1n) is 8.71. The number of aliphatic hydroxyl groups excluding tert-OH is 1. The van der Waals surface area contributed by atoms with Gasteiger partial charge in [-0.25, -0.2) is 4.68 Å². The van der Waals surface area contributed by atoms with Crippen molar-refractivity contribution in [2.24, 2.45) is 0 Å². The highest BCUT2D eigenvalue weighted by atomic mass is 16.7. The van der Waals surface area contributed by atoms with Crippen LogP contribution in [0.3, 0.4) is 0 Å². The fourth-order valence-corrected chi connectivity index (χ4v) is 2.63. The Morgan fingerprint density at radius 3 is 2.96 bits per heavy atom. The van der Waals surface area contributed by atoms with Crippen LogP contribution in [0, 0.1) is 6.92 Å². The quantitative estimate of drug-likeness (QED) is 0.554. The summed E-state index contributed by atoms with van der Waals surface area (Å²) in [7, 11) is 3.26. The number of aryl methyl sites for hydroxylation is 1. The maximum atomic E-state index is 12.4. The van der Waals surface area contributed by atoms with Crippen molar-refractivity contribution in [3.63, 3.8) is 0 Å². The van der Waals surface area contributed by atoms with Crippen LogP contribution in [0.15, 0.2) is 42.9 Å². The van der Waals surface area contributed by atoms with E-state index in [4.69, 9.17) is 4.84 Å². The van der Waals surface area contributed by atoms with Crippen molar-refractivity contribution < 1.29 is 14.7 Å². The van der Waals surface area contributed by atoms with Gasteiger partial charge in [-0.2, -0.15) is 10.2 Å². The lowest BCUT2D eigenvalue weighted by Crippen LogP contribution is -2.31. The number of anilines is 1. The minimum absolute atomic E-state index is 0.191. The highest BCUT2D eigenvalue weighted by Gasteiger charge is 2.14. The predicted molar refractivity (Wildman–Crippen MR) is 102 cm³/mol. The SMILES string of the molecule is CON(C)C[C@@H](O)Cn1cc(NC(=O)c2cn(-c3cccc(C)c3)nn2)cn1. The molecule has 3 aromatic rings. The number of likely N-dealkylation sites (N-methyl/N-ethyl adjacent to an activating group) is 1. The molecule has 2 N–H and O–H groups in total. The number of aliphatic hydroxyl groups is 1. The number of hydrogen-bond donors (Lipinski definition) is 2. The number of carbonyl (C=O) groups excluding carboxylic acids is 1. The van der Waals surface area contributed by atoms with E-state index >= 15 is 0 Å². The van der Waals surface area contributed by atoms with Gasteiger partial charge in [0, 0.05) is 13.2 Å². The summed E-state index contributed by atoms with van der Waals surface area (Å²) in [6, 6.07) is 7.74. The fraction of sp³-hybridized carbons (Fsp3) is 0.333. The third-order valence-corrected chi connectivity index (χ3v) is 4.06. The van der Waals surface area contributed by atoms with Gasteiger partial charge in [-0.3, -0.25) is 9.48 Å². The molecule has 0 spiro atoms. The van der Waals surface area contributed by atoms with E-state index in [2.05, 4.69) is 20.7 Å². The van der Waals surface area contributed by atoms with Crippen molar-refractivity contribution in [3.8, 4) is 5.69 Å². The lowest BCUT2D eigenvalue weighted by atomic mass is 10.2. The van der Waals surface area contributed by atoms with Crippen molar-refractivity contribution in [2.75, 3.05) is 26.0 Å². The molecule has 148 valence electrons. The zero-order chi connectivity index (χ0) is 20.1. The van der Waals surface area contributed by atoms with Gasteiger partial charge in [-0.05, 0) is 24.6 Å². The normalized spacial score (nSPS) is 12.3. The molecule has 0 unspecified atom stereocenters. The summed E-state index contributed by atoms with van der Waals surface area (Å²) in [6.07, 6.45) is 4.05. The number of carbonyl (C=O) groups is 1. The van der Waals surface area contributed by atoms with E-state index in [0.717, 1.165) is 11.3 Å². The highest BCUT2D eigenvalue weighted by molar-refractivity contribution is 6.02. The van der Waals surface area contributed by atoms with Crippen molar-refractivity contribution in [3.05, 3.63) is 54.1 Å². The van der Waals surface area contributed by atoms with E-state index in [0.29, 0.717) is 12.2 Å². The summed E-state index contributed by atoms with van der Waals surface area (Å²) < 4.78 is 3.10. The number of aromatic nitrogens is 5. The van der Waals surface area contributed by atoms with Crippen LogP contribution in [0.5, 0.6) is 0 Å². The average Bonchev–Trinajstić information content (AvgIpc) is 3.31. The molecule has 0 bridgehead atoms. The summed E-state index contributed by atoms with van der Waals surface area (Å²) in [5.41, 5.74) is 2.61. The van der Waals surface area contributed by atoms with Crippen LogP contribution in [-0.4, -0.2) is 67.7 Å². The largest absolute Gasteiger partial charge is 0.390 e. The first-order valence-corrected chi connectivity index (χ1v) is 8.71. The van der Waals surface area contributed by atoms with Gasteiger partial charge in [0.05, 0.1) is 50.1 Å². The van der Waals surface area contributed by atoms with E-state index in [1.54, 1.807) is 28.8 Å². The summed E-state index contributed by atoms with van der Waals surface area (Å²) in [5, 5.41) is 26.3. The first kappa shape index (κ1) is 19.7. The predicted octanol–water partition coefficient (Wildman–Crippen LogP) is 0.879. The molecule has 28 heavy (non-hydrogen) atoms. The van der Waals surface area contributed by atoms with E-state index in [1.807, 2.05) is 31.2 Å². The Hall–Kier alpha value is -3.08. The Kier molecular flexibility index (Phi) is 6.14. The Morgan fingerprint density at radius 1 is 1.39 bits per heavy atom. The summed E-state index contributed by atoms with van der Waals surface area (Å²) in [6.45, 7) is 2.59. The monoisotopic (exact) mass is 385 g/mol. The highest BCUT2D eigenvalue weighted by Crippen LogP contribution is 2.11. The van der Waals surface area contributed by atoms with Gasteiger partial charge in [0.2, 0.25) is 0 Å². The van der Waals surface area contributed by atoms with Crippen LogP contribution in [0.2, 0.25) is 0 Å². The van der Waals surface area contributed by atoms with Gasteiger partial charge in [0.15, 0.2) is 5.69 Å². The Bertz CT molecular complexity index is 937. The second kappa shape index (κ2) is 8.74. The molecule has 0 saturated carbocycles. The molecule has 0 aliphatic rings. The standard InChI is InChI=1S/C18H23N7O3/c1-13-5-4-6-15(7-13)25-12-17(21-22-25)18(27)20-14-8-19-24(9-14)11-16(26)10-23(2)28-3/h4-9,12,16,26H,10-11H2,1-3H3,(H,20,27)/t16-/m1/s1. The van der Waals surface area contributed by atoms with Crippen LogP contribution in [0.4, 0.5) is 5.69 Å². The van der Waals surface area contributed by atoms with Gasteiger partial charge in [-0.15, -0.1) is 5.10 Å². The molecule has 2 aromatic heterocycles. The Balaban J connectivity index is 1.60. The maximum Gasteiger partial charge on any atom is 0.277 e. The second-order valence-electron chi connectivity index (χ2n) is 6.44. The van der Waals surface area contributed by atoms with E-state index in [1.165, 1.54) is 18.4 Å². The van der Waals surface area contributed by atoms with Crippen LogP contribution in [0.1, 0.15) is 16.1 Å². The summed E-state index contributed by atoms with van der Waals surface area (Å²) in [5.74, 6) is -0.391. The number of amides is 1. The smallest absolute Gasteiger partial charge is 0.277 e. The van der Waals surface area contributed by atoms with Gasteiger partial charge >= 0.3 is 0 Å². The molecule has 0 radical (unpaired) electrons. The zero-order valence-electron chi connectivity index (χ0n) is 16.0. The van der Waals surface area contributed by atoms with Gasteiger partial charge in [-0.1, -0.05) is 17.3 Å². The third kappa shape index (κ3) is 5.00. The maximum absolute atomic E-state index is 12.4. The summed E-state index contributed by atoms with van der Waals surface area (Å²) in [4.78, 5) is 17.4. The summed E-state index contributed by atoms with van der Waals surface area (Å²) >= 11 is 0. The van der Waals surface area contributed by atoms with Gasteiger partial charge in [0.1, 0.15) is 0 Å². The van der Waals surface area contributed by atoms with Crippen molar-refractivity contribution in [1.82, 2.24) is 29.8 Å². The zero-order valence-corrected chi connectivity index (χ0v) is 16.0. The Morgan fingerprint density at radius 2 is 2.21 bits per heavy atom. The van der Waals surface area contributed by atoms with Crippen LogP contribution < -0.4 is 5.32 Å². The fourth-order valence-electron chi connectivity index (χ4n) is 2.63. The molecule has 1 atom stereocenters. The minimum Gasteiger partial charge on any atom is -0.390 e. The molecule has 0 fully saturated rings. The van der Waals surface area contributed by atoms with Gasteiger partial charge < -0.3 is 15.3 Å². The molecule has 10 heteroatoms. The van der Waals surface area contributed by atoms with Crippen molar-refractivity contribution in [2.45, 2.75) is 19.6 Å². The third-order valence-electron chi connectivity index (χ3n) is 4.06. The molecule has 0 saturated heterocycles. The average molecular weight is 385 g/mol. The Labute approximate surface area is 162 Å². The molecule has 10 nitrogen and oxygen atoms in total. The number of rotatable bonds is 8. The van der Waals surface area contributed by atoms with Crippen LogP contribution in [-0.2, 0) is 11.4 Å². The molecule has 3 rings (SSSR count). The molecule has 0 aliphatic heterocycles. The minimum atomic E-state index is -0.664. The van der Waals surface area contributed by atoms with Gasteiger partial charge in [0.25, 0.3) is 5.91 Å². The number of nitrogens with zero attached hydrogens (tertiary/aromatic N) is 6. The number of nitrogens with one attached hydrogen (secondary N) is 1. The molecule has 2 heterocycles. The number of benzene rings is 1. The number of hydrogen-bond acceptors (Lipinski definition) is 7. The van der Waals surface area contributed by atoms with E-state index in [-0.39, 0.29) is 12.2 Å². The lowest BCUT2D eigenvalue weighted by molar-refractivity contribution is -0.129. The van der Waals surface area contributed by atoms with Crippen molar-refractivity contribution in [1.29, 1.82) is 0 Å². The number of hydroxylamine groups is 2. The van der Waals surface area contributed by atoms with Crippen molar-refractivity contribution >= 4 is 11.6 Å². The van der Waals surface area contributed by atoms with E-state index < -0.39 is 12.0 Å². The van der Waals surface area contributed by atoms with Crippen LogP contribution >= 0.6 is 0 Å². The second-order valence-corrected chi connectivity index (χ2v) is 6.44. The molecule has 0 aliphatic carbocycles. The molecular formula is C18H23N7O3. The molecule has 1 aromatic carbocycles. The lowest BCUT2D eigenvalue weighted by Gasteiger charge is -2.17. The van der Waals surface area contributed by atoms with Crippen LogP contribution in [0.25, 0.3) is 5.69 Å². The first-order chi connectivity index (χ1) is 13.4. The van der Waals surface area contributed by atoms with E-state index in [9.17, 15) is 9.90 Å².